The quantitative estimate of drug-likeness (QED) is 0.344. The first kappa shape index (κ1) is 9.48. The van der Waals surface area contributed by atoms with Gasteiger partial charge in [-0.2, -0.15) is 0 Å². The molecule has 1 aliphatic rings. The molecular weight excluding hydrogens is 178 g/mol. The number of hydrogen-bond donors (Lipinski definition) is 0. The Labute approximate surface area is 76.9 Å². The highest BCUT2D eigenvalue weighted by Crippen LogP contribution is 1.94. The monoisotopic (exact) mass is 189 g/mol. The highest BCUT2D eigenvalue weighted by atomic mass is 35.5. The molecule has 4 nitrogen and oxygen atoms in total. The van der Waals surface area contributed by atoms with Gasteiger partial charge in [-0.25, -0.2) is 4.99 Å². The Bertz CT molecular complexity index is 187. The zero-order valence-electron chi connectivity index (χ0n) is 7.03. The summed E-state index contributed by atoms with van der Waals surface area (Å²) in [6.45, 7) is 3.26. The topological polar surface area (TPSA) is 37.2 Å². The van der Waals surface area contributed by atoms with Gasteiger partial charge in [0.2, 0.25) is 5.29 Å². The van der Waals surface area contributed by atoms with Crippen molar-refractivity contribution in [3.8, 4) is 0 Å². The molecule has 0 aromatic carbocycles. The van der Waals surface area contributed by atoms with E-state index in [1.54, 1.807) is 13.4 Å². The number of aliphatic imine (C=N–C) groups is 2. The molecule has 0 saturated carbocycles. The smallest absolute Gasteiger partial charge is 0.218 e. The predicted octanol–water partition coefficient (Wildman–Crippen LogP) is 0.572. The molecule has 0 aliphatic carbocycles. The van der Waals surface area contributed by atoms with Gasteiger partial charge in [0.1, 0.15) is 0 Å². The number of rotatable bonds is 1. The summed E-state index contributed by atoms with van der Waals surface area (Å²) >= 11 is 5.58. The van der Waals surface area contributed by atoms with Crippen molar-refractivity contribution in [3.63, 3.8) is 0 Å². The van der Waals surface area contributed by atoms with Gasteiger partial charge in [-0.15, -0.1) is 0 Å². The molecule has 0 spiro atoms. The third-order valence-corrected chi connectivity index (χ3v) is 1.82. The van der Waals surface area contributed by atoms with Gasteiger partial charge >= 0.3 is 0 Å². The van der Waals surface area contributed by atoms with Gasteiger partial charge in [-0.05, 0) is 11.6 Å². The van der Waals surface area contributed by atoms with Crippen LogP contribution in [0.5, 0.6) is 0 Å². The highest BCUT2D eigenvalue weighted by molar-refractivity contribution is 6.65. The summed E-state index contributed by atoms with van der Waals surface area (Å²) in [5.41, 5.74) is 0. The molecule has 1 aliphatic heterocycles. The van der Waals surface area contributed by atoms with Gasteiger partial charge in [0.15, 0.2) is 0 Å². The Morgan fingerprint density at radius 1 is 1.50 bits per heavy atom. The van der Waals surface area contributed by atoms with E-state index >= 15 is 0 Å². The SMILES string of the molecule is C/N=C(Cl)\N=C\N1CCOCC1. The summed E-state index contributed by atoms with van der Waals surface area (Å²) in [4.78, 5) is 9.68. The first-order valence-corrected chi connectivity index (χ1v) is 4.19. The highest BCUT2D eigenvalue weighted by Gasteiger charge is 2.05. The molecule has 0 unspecified atom stereocenters. The average Bonchev–Trinajstić information content (AvgIpc) is 2.16. The molecule has 0 radical (unpaired) electrons. The van der Waals surface area contributed by atoms with Crippen molar-refractivity contribution in [2.45, 2.75) is 0 Å². The molecule has 0 amide bonds. The molecule has 0 atom stereocenters. The lowest BCUT2D eigenvalue weighted by Crippen LogP contribution is -2.35. The van der Waals surface area contributed by atoms with Crippen molar-refractivity contribution < 1.29 is 4.74 Å². The van der Waals surface area contributed by atoms with Crippen LogP contribution in [0.2, 0.25) is 0 Å². The Hall–Kier alpha value is -0.610. The molecule has 1 saturated heterocycles. The van der Waals surface area contributed by atoms with Crippen molar-refractivity contribution in [1.29, 1.82) is 0 Å². The Balaban J connectivity index is 2.33. The molecule has 1 rings (SSSR count). The fraction of sp³-hybridized carbons (Fsp3) is 0.714. The second-order valence-electron chi connectivity index (χ2n) is 2.39. The summed E-state index contributed by atoms with van der Waals surface area (Å²) in [6.07, 6.45) is 1.71. The number of ether oxygens (including phenoxy) is 1. The fourth-order valence-electron chi connectivity index (χ4n) is 0.880. The zero-order valence-corrected chi connectivity index (χ0v) is 7.79. The van der Waals surface area contributed by atoms with Crippen molar-refractivity contribution in [2.24, 2.45) is 9.98 Å². The van der Waals surface area contributed by atoms with E-state index < -0.39 is 0 Å². The largest absolute Gasteiger partial charge is 0.378 e. The number of morpholine rings is 1. The lowest BCUT2D eigenvalue weighted by Gasteiger charge is -2.23. The third kappa shape index (κ3) is 3.19. The molecule has 12 heavy (non-hydrogen) atoms. The van der Waals surface area contributed by atoms with E-state index in [1.807, 2.05) is 0 Å². The van der Waals surface area contributed by atoms with Gasteiger partial charge in [-0.1, -0.05) is 0 Å². The minimum atomic E-state index is 0.279. The van der Waals surface area contributed by atoms with Crippen molar-refractivity contribution >= 4 is 23.2 Å². The van der Waals surface area contributed by atoms with Crippen LogP contribution < -0.4 is 0 Å². The molecule has 1 heterocycles. The number of amidine groups is 1. The number of halogens is 1. The molecular formula is C7H12ClN3O. The van der Waals surface area contributed by atoms with Crippen LogP contribution in [0.15, 0.2) is 9.98 Å². The maximum absolute atomic E-state index is 5.58. The molecule has 0 aromatic heterocycles. The van der Waals surface area contributed by atoms with Crippen LogP contribution in [-0.2, 0) is 4.74 Å². The van der Waals surface area contributed by atoms with Crippen molar-refractivity contribution in [1.82, 2.24) is 4.90 Å². The first-order valence-electron chi connectivity index (χ1n) is 3.81. The Morgan fingerprint density at radius 2 is 2.17 bits per heavy atom. The van der Waals surface area contributed by atoms with E-state index in [4.69, 9.17) is 16.3 Å². The van der Waals surface area contributed by atoms with E-state index in [2.05, 4.69) is 14.9 Å². The van der Waals surface area contributed by atoms with Crippen LogP contribution in [0.25, 0.3) is 0 Å². The van der Waals surface area contributed by atoms with Crippen LogP contribution in [0.3, 0.4) is 0 Å². The Morgan fingerprint density at radius 3 is 2.75 bits per heavy atom. The van der Waals surface area contributed by atoms with Crippen LogP contribution in [-0.4, -0.2) is 49.9 Å². The average molecular weight is 190 g/mol. The van der Waals surface area contributed by atoms with Crippen LogP contribution in [0, 0.1) is 0 Å². The normalized spacial score (nSPS) is 20.5. The second kappa shape index (κ2) is 5.11. The number of hydrogen-bond acceptors (Lipinski definition) is 2. The first-order chi connectivity index (χ1) is 5.83. The molecule has 5 heteroatoms. The lowest BCUT2D eigenvalue weighted by atomic mass is 10.5. The van der Waals surface area contributed by atoms with E-state index in [1.165, 1.54) is 0 Å². The van der Waals surface area contributed by atoms with E-state index in [9.17, 15) is 0 Å². The summed E-state index contributed by atoms with van der Waals surface area (Å²) in [7, 11) is 1.61. The van der Waals surface area contributed by atoms with Crippen LogP contribution >= 0.6 is 11.6 Å². The molecule has 68 valence electrons. The standard InChI is InChI=1S/C7H12ClN3O/c1-9-7(8)10-6-11-2-4-12-5-3-11/h6H,2-5H2,1H3/b9-7-,10-6+. The van der Waals surface area contributed by atoms with E-state index in [0.29, 0.717) is 0 Å². The van der Waals surface area contributed by atoms with Gasteiger partial charge in [-0.3, -0.25) is 4.99 Å². The summed E-state index contributed by atoms with van der Waals surface area (Å²) in [6, 6.07) is 0. The maximum atomic E-state index is 5.58. The molecule has 0 N–H and O–H groups in total. The lowest BCUT2D eigenvalue weighted by molar-refractivity contribution is 0.0701. The maximum Gasteiger partial charge on any atom is 0.218 e. The molecule has 0 aromatic rings. The van der Waals surface area contributed by atoms with Gasteiger partial charge < -0.3 is 9.64 Å². The van der Waals surface area contributed by atoms with E-state index in [0.717, 1.165) is 26.3 Å². The zero-order chi connectivity index (χ0) is 8.81. The second-order valence-corrected chi connectivity index (χ2v) is 2.72. The van der Waals surface area contributed by atoms with E-state index in [-0.39, 0.29) is 5.29 Å². The predicted molar refractivity (Wildman–Crippen MR) is 50.1 cm³/mol. The van der Waals surface area contributed by atoms with Crippen molar-refractivity contribution in [2.75, 3.05) is 33.4 Å². The van der Waals surface area contributed by atoms with Crippen LogP contribution in [0.4, 0.5) is 0 Å². The summed E-state index contributed by atoms with van der Waals surface area (Å²) < 4.78 is 5.17. The fourth-order valence-corrected chi connectivity index (χ4v) is 0.924. The van der Waals surface area contributed by atoms with Gasteiger partial charge in [0, 0.05) is 20.1 Å². The van der Waals surface area contributed by atoms with Crippen LogP contribution in [0.1, 0.15) is 0 Å². The third-order valence-electron chi connectivity index (χ3n) is 1.56. The minimum Gasteiger partial charge on any atom is -0.378 e. The van der Waals surface area contributed by atoms with Gasteiger partial charge in [0.25, 0.3) is 0 Å². The molecule has 0 bridgehead atoms. The summed E-state index contributed by atoms with van der Waals surface area (Å²) in [5, 5.41) is 0.279. The van der Waals surface area contributed by atoms with Crippen molar-refractivity contribution in [3.05, 3.63) is 0 Å². The van der Waals surface area contributed by atoms with Gasteiger partial charge in [0.05, 0.1) is 19.6 Å². The summed E-state index contributed by atoms with van der Waals surface area (Å²) in [5.74, 6) is 0. The Kier molecular flexibility index (Phi) is 4.04. The minimum absolute atomic E-state index is 0.279. The number of nitrogens with zero attached hydrogens (tertiary/aromatic N) is 3. The molecule has 1 fully saturated rings.